The number of anilines is 1. The Bertz CT molecular complexity index is 766. The third-order valence-electron chi connectivity index (χ3n) is 5.18. The highest BCUT2D eigenvalue weighted by Gasteiger charge is 2.22. The maximum Gasteiger partial charge on any atom is 0.190 e. The van der Waals surface area contributed by atoms with E-state index in [0.29, 0.717) is 5.92 Å². The summed E-state index contributed by atoms with van der Waals surface area (Å²) in [6.07, 6.45) is 2.03. The molecular formula is C22H30FIN4. The predicted molar refractivity (Wildman–Crippen MR) is 126 cm³/mol. The summed E-state index contributed by atoms with van der Waals surface area (Å²) >= 11 is 0. The lowest BCUT2D eigenvalue weighted by Gasteiger charge is -2.19. The van der Waals surface area contributed by atoms with Crippen molar-refractivity contribution in [2.24, 2.45) is 10.9 Å². The number of nitrogens with one attached hydrogen (secondary N) is 2. The van der Waals surface area contributed by atoms with Crippen molar-refractivity contribution in [2.75, 3.05) is 38.1 Å². The molecule has 1 aliphatic heterocycles. The van der Waals surface area contributed by atoms with Crippen molar-refractivity contribution in [3.8, 4) is 0 Å². The zero-order valence-corrected chi connectivity index (χ0v) is 18.9. The third-order valence-corrected chi connectivity index (χ3v) is 5.18. The quantitative estimate of drug-likeness (QED) is 0.361. The molecule has 0 radical (unpaired) electrons. The number of benzene rings is 2. The Labute approximate surface area is 184 Å². The molecule has 1 unspecified atom stereocenters. The van der Waals surface area contributed by atoms with Crippen molar-refractivity contribution >= 4 is 35.6 Å². The maximum absolute atomic E-state index is 13.2. The molecule has 1 saturated heterocycles. The fourth-order valence-electron chi connectivity index (χ4n) is 3.59. The first-order valence-electron chi connectivity index (χ1n) is 9.65. The fraction of sp³-hybridized carbons (Fsp3) is 0.409. The number of para-hydroxylation sites is 1. The molecule has 0 spiro atoms. The van der Waals surface area contributed by atoms with Crippen LogP contribution in [0, 0.1) is 18.7 Å². The normalized spacial score (nSPS) is 16.6. The molecule has 2 N–H and O–H groups in total. The molecule has 0 bridgehead atoms. The van der Waals surface area contributed by atoms with Gasteiger partial charge < -0.3 is 15.5 Å². The third kappa shape index (κ3) is 6.36. The zero-order valence-electron chi connectivity index (χ0n) is 16.6. The second kappa shape index (κ2) is 11.2. The van der Waals surface area contributed by atoms with E-state index < -0.39 is 0 Å². The van der Waals surface area contributed by atoms with Crippen LogP contribution in [-0.4, -0.2) is 39.2 Å². The standard InChI is InChI=1S/C22H29FN4.HI/c1-17-14-20(23)9-8-19(17)10-12-25-22(24-2)26-15-18-11-13-27(16-18)21-6-4-3-5-7-21;/h3-9,14,18H,10-13,15-16H2,1-2H3,(H2,24,25,26);1H. The van der Waals surface area contributed by atoms with E-state index in [4.69, 9.17) is 0 Å². The summed E-state index contributed by atoms with van der Waals surface area (Å²) in [6, 6.07) is 15.6. The second-order valence-corrected chi connectivity index (χ2v) is 7.14. The molecule has 28 heavy (non-hydrogen) atoms. The fourth-order valence-corrected chi connectivity index (χ4v) is 3.59. The lowest BCUT2D eigenvalue weighted by Crippen LogP contribution is -2.41. The molecule has 1 aliphatic rings. The topological polar surface area (TPSA) is 39.7 Å². The van der Waals surface area contributed by atoms with Crippen LogP contribution in [0.4, 0.5) is 10.1 Å². The summed E-state index contributed by atoms with van der Waals surface area (Å²) in [5.41, 5.74) is 3.46. The number of aliphatic imine (C=N–C) groups is 1. The molecular weight excluding hydrogens is 466 g/mol. The van der Waals surface area contributed by atoms with Crippen LogP contribution in [0.2, 0.25) is 0 Å². The Hall–Kier alpha value is -1.83. The Morgan fingerprint density at radius 2 is 1.96 bits per heavy atom. The van der Waals surface area contributed by atoms with Gasteiger partial charge in [0.05, 0.1) is 0 Å². The molecule has 6 heteroatoms. The molecule has 4 nitrogen and oxygen atoms in total. The van der Waals surface area contributed by atoms with Gasteiger partial charge in [-0.15, -0.1) is 24.0 Å². The van der Waals surface area contributed by atoms with Crippen LogP contribution >= 0.6 is 24.0 Å². The van der Waals surface area contributed by atoms with E-state index in [2.05, 4.69) is 50.9 Å². The van der Waals surface area contributed by atoms with E-state index in [1.165, 1.54) is 18.2 Å². The van der Waals surface area contributed by atoms with Crippen molar-refractivity contribution < 1.29 is 4.39 Å². The minimum Gasteiger partial charge on any atom is -0.371 e. The number of hydrogen-bond acceptors (Lipinski definition) is 2. The maximum atomic E-state index is 13.2. The minimum atomic E-state index is -0.178. The van der Waals surface area contributed by atoms with Crippen molar-refractivity contribution in [1.29, 1.82) is 0 Å². The van der Waals surface area contributed by atoms with Gasteiger partial charge in [-0.2, -0.15) is 0 Å². The van der Waals surface area contributed by atoms with Crippen molar-refractivity contribution in [3.63, 3.8) is 0 Å². The number of halogens is 2. The lowest BCUT2D eigenvalue weighted by atomic mass is 10.1. The first-order chi connectivity index (χ1) is 13.2. The summed E-state index contributed by atoms with van der Waals surface area (Å²) in [4.78, 5) is 6.76. The van der Waals surface area contributed by atoms with E-state index in [9.17, 15) is 4.39 Å². The smallest absolute Gasteiger partial charge is 0.190 e. The van der Waals surface area contributed by atoms with Gasteiger partial charge in [0, 0.05) is 38.9 Å². The van der Waals surface area contributed by atoms with Crippen LogP contribution in [0.3, 0.4) is 0 Å². The van der Waals surface area contributed by atoms with E-state index in [1.54, 1.807) is 13.1 Å². The van der Waals surface area contributed by atoms with Crippen molar-refractivity contribution in [3.05, 3.63) is 65.5 Å². The molecule has 3 rings (SSSR count). The minimum absolute atomic E-state index is 0. The van der Waals surface area contributed by atoms with Crippen LogP contribution in [0.15, 0.2) is 53.5 Å². The molecule has 2 aromatic carbocycles. The van der Waals surface area contributed by atoms with Crippen molar-refractivity contribution in [2.45, 2.75) is 19.8 Å². The molecule has 0 aliphatic carbocycles. The summed E-state index contributed by atoms with van der Waals surface area (Å²) in [5, 5.41) is 6.80. The van der Waals surface area contributed by atoms with Gasteiger partial charge in [-0.05, 0) is 61.1 Å². The predicted octanol–water partition coefficient (Wildman–Crippen LogP) is 3.99. The second-order valence-electron chi connectivity index (χ2n) is 7.14. The average Bonchev–Trinajstić information content (AvgIpc) is 3.16. The lowest BCUT2D eigenvalue weighted by molar-refractivity contribution is 0.566. The highest BCUT2D eigenvalue weighted by molar-refractivity contribution is 14.0. The average molecular weight is 496 g/mol. The summed E-state index contributed by atoms with van der Waals surface area (Å²) < 4.78 is 13.2. The Morgan fingerprint density at radius 3 is 2.68 bits per heavy atom. The number of rotatable bonds is 6. The monoisotopic (exact) mass is 496 g/mol. The van der Waals surface area contributed by atoms with Crippen LogP contribution in [0.5, 0.6) is 0 Å². The largest absolute Gasteiger partial charge is 0.371 e. The van der Waals surface area contributed by atoms with Gasteiger partial charge in [0.2, 0.25) is 0 Å². The van der Waals surface area contributed by atoms with Crippen molar-refractivity contribution in [1.82, 2.24) is 10.6 Å². The van der Waals surface area contributed by atoms with E-state index in [1.807, 2.05) is 13.0 Å². The van der Waals surface area contributed by atoms with E-state index in [-0.39, 0.29) is 29.8 Å². The SMILES string of the molecule is CN=C(NCCc1ccc(F)cc1C)NCC1CCN(c2ccccc2)C1.I. The van der Waals surface area contributed by atoms with Gasteiger partial charge in [-0.25, -0.2) is 4.39 Å². The molecule has 2 aromatic rings. The zero-order chi connectivity index (χ0) is 19.1. The molecule has 0 amide bonds. The van der Waals surface area contributed by atoms with E-state index in [0.717, 1.165) is 49.7 Å². The van der Waals surface area contributed by atoms with Gasteiger partial charge >= 0.3 is 0 Å². The number of guanidine groups is 1. The highest BCUT2D eigenvalue weighted by atomic mass is 127. The Balaban J connectivity index is 0.00000280. The van der Waals surface area contributed by atoms with Gasteiger partial charge in [-0.1, -0.05) is 24.3 Å². The summed E-state index contributed by atoms with van der Waals surface area (Å²) in [7, 11) is 1.80. The highest BCUT2D eigenvalue weighted by Crippen LogP contribution is 2.22. The number of aryl methyl sites for hydroxylation is 1. The molecule has 1 atom stereocenters. The first kappa shape index (κ1) is 22.5. The van der Waals surface area contributed by atoms with Gasteiger partial charge in [0.1, 0.15) is 5.82 Å². The first-order valence-corrected chi connectivity index (χ1v) is 9.65. The molecule has 1 heterocycles. The molecule has 0 saturated carbocycles. The number of nitrogens with zero attached hydrogens (tertiary/aromatic N) is 2. The molecule has 152 valence electrons. The van der Waals surface area contributed by atoms with Gasteiger partial charge in [0.15, 0.2) is 5.96 Å². The van der Waals surface area contributed by atoms with Gasteiger partial charge in [-0.3, -0.25) is 4.99 Å². The number of hydrogen-bond donors (Lipinski definition) is 2. The Kier molecular flexibility index (Phi) is 9.02. The van der Waals surface area contributed by atoms with Crippen LogP contribution < -0.4 is 15.5 Å². The molecule has 0 aromatic heterocycles. The van der Waals surface area contributed by atoms with Crippen LogP contribution in [-0.2, 0) is 6.42 Å². The summed E-state index contributed by atoms with van der Waals surface area (Å²) in [6.45, 7) is 5.81. The Morgan fingerprint density at radius 1 is 1.18 bits per heavy atom. The van der Waals surface area contributed by atoms with Crippen LogP contribution in [0.1, 0.15) is 17.5 Å². The van der Waals surface area contributed by atoms with E-state index >= 15 is 0 Å². The molecule has 1 fully saturated rings. The van der Waals surface area contributed by atoms with Gasteiger partial charge in [0.25, 0.3) is 0 Å². The van der Waals surface area contributed by atoms with Crippen LogP contribution in [0.25, 0.3) is 0 Å². The summed E-state index contributed by atoms with van der Waals surface area (Å²) in [5.74, 6) is 1.26.